The van der Waals surface area contributed by atoms with Crippen LogP contribution in [0.3, 0.4) is 0 Å². The van der Waals surface area contributed by atoms with E-state index in [0.29, 0.717) is 5.69 Å². The van der Waals surface area contributed by atoms with Gasteiger partial charge >= 0.3 is 5.97 Å². The largest absolute Gasteiger partial charge is 0.478 e. The molecule has 0 spiro atoms. The number of aromatic carboxylic acids is 1. The highest BCUT2D eigenvalue weighted by molar-refractivity contribution is 5.88. The molecule has 1 aromatic heterocycles. The van der Waals surface area contributed by atoms with Gasteiger partial charge in [0.15, 0.2) is 0 Å². The summed E-state index contributed by atoms with van der Waals surface area (Å²) in [7, 11) is 0. The van der Waals surface area contributed by atoms with E-state index >= 15 is 0 Å². The van der Waals surface area contributed by atoms with Gasteiger partial charge in [0, 0.05) is 6.20 Å². The van der Waals surface area contributed by atoms with Crippen LogP contribution in [0.15, 0.2) is 36.7 Å². The second-order valence-corrected chi connectivity index (χ2v) is 3.37. The highest BCUT2D eigenvalue weighted by Crippen LogP contribution is 2.19. The van der Waals surface area contributed by atoms with E-state index in [0.717, 1.165) is 6.20 Å². The molecule has 0 saturated carbocycles. The maximum absolute atomic E-state index is 12.4. The Morgan fingerprint density at radius 1 is 1.41 bits per heavy atom. The van der Waals surface area contributed by atoms with E-state index in [1.54, 1.807) is 6.07 Å². The number of hydrogen-bond acceptors (Lipinski definition) is 2. The number of carboxylic acids is 1. The number of aromatic nitrogens is 2. The van der Waals surface area contributed by atoms with Crippen LogP contribution in [0, 0.1) is 0 Å². The minimum absolute atomic E-state index is 0.0802. The molecule has 1 N–H and O–H groups in total. The highest BCUT2D eigenvalue weighted by atomic mass is 19.3. The molecular formula is C11H8F2N2O2. The summed E-state index contributed by atoms with van der Waals surface area (Å²) in [5, 5.41) is 12.6. The van der Waals surface area contributed by atoms with E-state index in [1.165, 1.54) is 29.1 Å². The topological polar surface area (TPSA) is 55.1 Å². The molecule has 0 saturated heterocycles. The normalized spacial score (nSPS) is 10.8. The Morgan fingerprint density at radius 3 is 2.76 bits per heavy atom. The van der Waals surface area contributed by atoms with Crippen molar-refractivity contribution in [1.29, 1.82) is 0 Å². The van der Waals surface area contributed by atoms with Gasteiger partial charge in [-0.25, -0.2) is 18.3 Å². The predicted octanol–water partition coefficient (Wildman–Crippen LogP) is 2.51. The van der Waals surface area contributed by atoms with E-state index < -0.39 is 12.4 Å². The quantitative estimate of drug-likeness (QED) is 0.893. The second kappa shape index (κ2) is 4.32. The van der Waals surface area contributed by atoms with Gasteiger partial charge in [-0.2, -0.15) is 5.10 Å². The molecule has 0 aliphatic heterocycles. The Bertz CT molecular complexity index is 552. The molecule has 2 aromatic rings. The molecule has 0 fully saturated rings. The summed E-state index contributed by atoms with van der Waals surface area (Å²) >= 11 is 0. The van der Waals surface area contributed by atoms with Gasteiger partial charge in [-0.3, -0.25) is 0 Å². The smallest absolute Gasteiger partial charge is 0.335 e. The van der Waals surface area contributed by atoms with Crippen molar-refractivity contribution in [3.05, 3.63) is 47.8 Å². The van der Waals surface area contributed by atoms with E-state index in [1.807, 2.05) is 0 Å². The van der Waals surface area contributed by atoms with Gasteiger partial charge in [-0.15, -0.1) is 0 Å². The van der Waals surface area contributed by atoms with Gasteiger partial charge < -0.3 is 5.11 Å². The van der Waals surface area contributed by atoms with Crippen molar-refractivity contribution in [3.63, 3.8) is 0 Å². The Labute approximate surface area is 95.1 Å². The van der Waals surface area contributed by atoms with Gasteiger partial charge in [0.25, 0.3) is 6.43 Å². The van der Waals surface area contributed by atoms with Gasteiger partial charge in [0.1, 0.15) is 0 Å². The van der Waals surface area contributed by atoms with Gasteiger partial charge in [-0.05, 0) is 18.2 Å². The molecule has 6 heteroatoms. The molecule has 1 heterocycles. The predicted molar refractivity (Wildman–Crippen MR) is 55.5 cm³/mol. The lowest BCUT2D eigenvalue weighted by atomic mass is 10.2. The Balaban J connectivity index is 2.38. The van der Waals surface area contributed by atoms with Gasteiger partial charge in [0.2, 0.25) is 0 Å². The summed E-state index contributed by atoms with van der Waals surface area (Å²) < 4.78 is 25.9. The Morgan fingerprint density at radius 2 is 2.18 bits per heavy atom. The summed E-state index contributed by atoms with van der Waals surface area (Å²) in [4.78, 5) is 10.7. The Kier molecular flexibility index (Phi) is 2.86. The van der Waals surface area contributed by atoms with Crippen LogP contribution in [-0.4, -0.2) is 20.9 Å². The zero-order valence-corrected chi connectivity index (χ0v) is 8.55. The minimum atomic E-state index is -2.59. The fraction of sp³-hybridized carbons (Fsp3) is 0.0909. The zero-order chi connectivity index (χ0) is 12.4. The van der Waals surface area contributed by atoms with Crippen molar-refractivity contribution in [3.8, 4) is 5.69 Å². The number of nitrogens with zero attached hydrogens (tertiary/aromatic N) is 2. The molecule has 0 bridgehead atoms. The number of alkyl halides is 2. The summed E-state index contributed by atoms with van der Waals surface area (Å²) in [6.07, 6.45) is -0.365. The molecule has 0 radical (unpaired) electrons. The van der Waals surface area contributed by atoms with Crippen LogP contribution in [0.5, 0.6) is 0 Å². The molecule has 88 valence electrons. The SMILES string of the molecule is O=C(O)c1cccc(-n2cc(C(F)F)cn2)c1. The van der Waals surface area contributed by atoms with Crippen molar-refractivity contribution < 1.29 is 18.7 Å². The number of benzene rings is 1. The average Bonchev–Trinajstić information content (AvgIpc) is 2.78. The molecule has 4 nitrogen and oxygen atoms in total. The number of carboxylic acid groups (broad SMARTS) is 1. The summed E-state index contributed by atoms with van der Waals surface area (Å²) in [6, 6.07) is 5.91. The zero-order valence-electron chi connectivity index (χ0n) is 8.55. The van der Waals surface area contributed by atoms with Crippen molar-refractivity contribution in [1.82, 2.24) is 9.78 Å². The van der Waals surface area contributed by atoms with Crippen LogP contribution in [0.25, 0.3) is 5.69 Å². The first-order chi connectivity index (χ1) is 8.08. The lowest BCUT2D eigenvalue weighted by molar-refractivity contribution is 0.0697. The first kappa shape index (κ1) is 11.3. The molecule has 2 rings (SSSR count). The first-order valence-electron chi connectivity index (χ1n) is 4.74. The first-order valence-corrected chi connectivity index (χ1v) is 4.74. The molecule has 0 atom stereocenters. The Hall–Kier alpha value is -2.24. The fourth-order valence-corrected chi connectivity index (χ4v) is 1.37. The maximum atomic E-state index is 12.4. The molecule has 0 unspecified atom stereocenters. The molecule has 0 aliphatic carbocycles. The minimum Gasteiger partial charge on any atom is -0.478 e. The van der Waals surface area contributed by atoms with Crippen LogP contribution in [0.2, 0.25) is 0 Å². The van der Waals surface area contributed by atoms with E-state index in [9.17, 15) is 13.6 Å². The highest BCUT2D eigenvalue weighted by Gasteiger charge is 2.11. The number of hydrogen-bond donors (Lipinski definition) is 1. The number of halogens is 2. The third kappa shape index (κ3) is 2.30. The van der Waals surface area contributed by atoms with E-state index in [-0.39, 0.29) is 11.1 Å². The summed E-state index contributed by atoms with van der Waals surface area (Å²) in [6.45, 7) is 0. The summed E-state index contributed by atoms with van der Waals surface area (Å²) in [5.41, 5.74) is 0.305. The van der Waals surface area contributed by atoms with Crippen LogP contribution in [-0.2, 0) is 0 Å². The van der Waals surface area contributed by atoms with Crippen LogP contribution in [0.4, 0.5) is 8.78 Å². The number of rotatable bonds is 3. The second-order valence-electron chi connectivity index (χ2n) is 3.37. The van der Waals surface area contributed by atoms with Gasteiger partial charge in [0.05, 0.1) is 23.0 Å². The van der Waals surface area contributed by atoms with Crippen LogP contribution < -0.4 is 0 Å². The molecule has 1 aromatic carbocycles. The fourth-order valence-electron chi connectivity index (χ4n) is 1.37. The third-order valence-electron chi connectivity index (χ3n) is 2.21. The van der Waals surface area contributed by atoms with Crippen molar-refractivity contribution in [2.45, 2.75) is 6.43 Å². The van der Waals surface area contributed by atoms with Crippen molar-refractivity contribution in [2.24, 2.45) is 0 Å². The lowest BCUT2D eigenvalue weighted by Crippen LogP contribution is -2.00. The summed E-state index contributed by atoms with van der Waals surface area (Å²) in [5.74, 6) is -1.08. The molecule has 0 amide bonds. The standard InChI is InChI=1S/C11H8F2N2O2/c12-10(13)8-5-14-15(6-8)9-3-1-2-7(4-9)11(16)17/h1-6,10H,(H,16,17). The van der Waals surface area contributed by atoms with E-state index in [4.69, 9.17) is 5.11 Å². The number of carbonyl (C=O) groups is 1. The molecular weight excluding hydrogens is 230 g/mol. The van der Waals surface area contributed by atoms with Crippen molar-refractivity contribution in [2.75, 3.05) is 0 Å². The van der Waals surface area contributed by atoms with Crippen molar-refractivity contribution >= 4 is 5.97 Å². The third-order valence-corrected chi connectivity index (χ3v) is 2.21. The monoisotopic (exact) mass is 238 g/mol. The van der Waals surface area contributed by atoms with Gasteiger partial charge in [-0.1, -0.05) is 6.07 Å². The lowest BCUT2D eigenvalue weighted by Gasteiger charge is -2.02. The van der Waals surface area contributed by atoms with Crippen LogP contribution >= 0.6 is 0 Å². The molecule has 0 aliphatic rings. The maximum Gasteiger partial charge on any atom is 0.335 e. The molecule has 17 heavy (non-hydrogen) atoms. The van der Waals surface area contributed by atoms with E-state index in [2.05, 4.69) is 5.10 Å². The average molecular weight is 238 g/mol. The van der Waals surface area contributed by atoms with Crippen LogP contribution in [0.1, 0.15) is 22.3 Å².